The molecule has 0 spiro atoms. The van der Waals surface area contributed by atoms with Gasteiger partial charge in [-0.15, -0.1) is 0 Å². The van der Waals surface area contributed by atoms with Crippen LogP contribution in [0.15, 0.2) is 18.2 Å². The summed E-state index contributed by atoms with van der Waals surface area (Å²) in [6.45, 7) is 4.57. The Balaban J connectivity index is 1.93. The van der Waals surface area contributed by atoms with Crippen molar-refractivity contribution in [2.45, 2.75) is 57.6 Å². The molecule has 0 amide bonds. The number of aliphatic hydroxyl groups is 1. The van der Waals surface area contributed by atoms with Crippen LogP contribution in [-0.4, -0.2) is 27.5 Å². The summed E-state index contributed by atoms with van der Waals surface area (Å²) in [6, 6.07) is 4.53. The lowest BCUT2D eigenvalue weighted by Gasteiger charge is -2.36. The fraction of sp³-hybridized carbons (Fsp3) is 0.647. The molecule has 0 saturated heterocycles. The van der Waals surface area contributed by atoms with E-state index in [0.29, 0.717) is 12.1 Å². The van der Waals surface area contributed by atoms with E-state index in [0.717, 1.165) is 31.6 Å². The van der Waals surface area contributed by atoms with E-state index in [4.69, 9.17) is 0 Å². The zero-order valence-electron chi connectivity index (χ0n) is 13.0. The van der Waals surface area contributed by atoms with Gasteiger partial charge in [-0.3, -0.25) is 0 Å². The minimum Gasteiger partial charge on any atom is -0.507 e. The van der Waals surface area contributed by atoms with Gasteiger partial charge in [-0.2, -0.15) is 0 Å². The minimum atomic E-state index is -0.667. The predicted octanol–water partition coefficient (Wildman–Crippen LogP) is 3.08. The lowest BCUT2D eigenvalue weighted by atomic mass is 9.77. The summed E-state index contributed by atoms with van der Waals surface area (Å²) >= 11 is 0. The highest BCUT2D eigenvalue weighted by molar-refractivity contribution is 5.44. The Hall–Kier alpha value is -1.26. The Morgan fingerprint density at radius 2 is 1.81 bits per heavy atom. The minimum absolute atomic E-state index is 0.0803. The normalized spacial score (nSPS) is 27.5. The molecule has 4 heteroatoms. The van der Waals surface area contributed by atoms with Gasteiger partial charge in [0, 0.05) is 12.6 Å². The molecule has 1 fully saturated rings. The summed E-state index contributed by atoms with van der Waals surface area (Å²) in [7, 11) is 0. The second-order valence-electron chi connectivity index (χ2n) is 6.39. The molecule has 4 N–H and O–H groups in total. The molecule has 1 saturated carbocycles. The number of rotatable bonds is 5. The van der Waals surface area contributed by atoms with Crippen molar-refractivity contribution in [1.29, 1.82) is 0 Å². The molecule has 1 aromatic carbocycles. The van der Waals surface area contributed by atoms with Gasteiger partial charge in [-0.05, 0) is 50.7 Å². The van der Waals surface area contributed by atoms with Crippen LogP contribution >= 0.6 is 0 Å². The van der Waals surface area contributed by atoms with Crippen LogP contribution in [0.5, 0.6) is 11.5 Å². The van der Waals surface area contributed by atoms with Crippen LogP contribution in [0.3, 0.4) is 0 Å². The van der Waals surface area contributed by atoms with Gasteiger partial charge >= 0.3 is 0 Å². The second kappa shape index (κ2) is 6.67. The second-order valence-corrected chi connectivity index (χ2v) is 6.39. The molecule has 0 radical (unpaired) electrons. The van der Waals surface area contributed by atoms with Crippen LogP contribution in [0, 0.1) is 5.92 Å². The number of phenolic OH excluding ortho intramolecular Hbond substituents is 2. The average molecular weight is 293 g/mol. The highest BCUT2D eigenvalue weighted by Crippen LogP contribution is 2.35. The first-order valence-corrected chi connectivity index (χ1v) is 7.92. The van der Waals surface area contributed by atoms with E-state index < -0.39 is 5.60 Å². The summed E-state index contributed by atoms with van der Waals surface area (Å²) < 4.78 is 0. The van der Waals surface area contributed by atoms with Crippen molar-refractivity contribution >= 4 is 0 Å². The molecule has 2 rings (SSSR count). The lowest BCUT2D eigenvalue weighted by Crippen LogP contribution is -2.44. The fourth-order valence-corrected chi connectivity index (χ4v) is 3.23. The molecule has 1 unspecified atom stereocenters. The molecule has 0 aromatic heterocycles. The van der Waals surface area contributed by atoms with Crippen molar-refractivity contribution in [3.63, 3.8) is 0 Å². The van der Waals surface area contributed by atoms with E-state index in [9.17, 15) is 15.3 Å². The van der Waals surface area contributed by atoms with Crippen LogP contribution < -0.4 is 5.32 Å². The van der Waals surface area contributed by atoms with Crippen molar-refractivity contribution in [2.75, 3.05) is 6.54 Å². The van der Waals surface area contributed by atoms with E-state index in [2.05, 4.69) is 12.2 Å². The summed E-state index contributed by atoms with van der Waals surface area (Å²) in [5.41, 5.74) is -0.178. The highest BCUT2D eigenvalue weighted by atomic mass is 16.3. The smallest absolute Gasteiger partial charge is 0.124 e. The van der Waals surface area contributed by atoms with E-state index in [1.807, 2.05) is 6.92 Å². The first-order chi connectivity index (χ1) is 9.95. The quantitative estimate of drug-likeness (QED) is 0.673. The van der Waals surface area contributed by atoms with Crippen molar-refractivity contribution < 1.29 is 15.3 Å². The third-order valence-corrected chi connectivity index (χ3v) is 4.84. The van der Waals surface area contributed by atoms with Gasteiger partial charge in [-0.1, -0.05) is 19.4 Å². The Bertz CT molecular complexity index is 447. The molecule has 1 aliphatic carbocycles. The molecular weight excluding hydrogens is 266 g/mol. The third-order valence-electron chi connectivity index (χ3n) is 4.84. The Morgan fingerprint density at radius 3 is 2.33 bits per heavy atom. The summed E-state index contributed by atoms with van der Waals surface area (Å²) in [5, 5.41) is 33.6. The third kappa shape index (κ3) is 3.89. The van der Waals surface area contributed by atoms with E-state index >= 15 is 0 Å². The molecule has 0 aliphatic heterocycles. The van der Waals surface area contributed by atoms with Gasteiger partial charge in [0.1, 0.15) is 11.5 Å². The molecule has 0 bridgehead atoms. The molecule has 118 valence electrons. The average Bonchev–Trinajstić information content (AvgIpc) is 2.46. The maximum atomic E-state index is 10.6. The molecule has 21 heavy (non-hydrogen) atoms. The zero-order chi connectivity index (χ0) is 15.5. The van der Waals surface area contributed by atoms with Crippen LogP contribution in [0.1, 0.15) is 57.6 Å². The molecule has 1 aliphatic rings. The highest BCUT2D eigenvalue weighted by Gasteiger charge is 2.33. The van der Waals surface area contributed by atoms with Crippen LogP contribution in [0.2, 0.25) is 0 Å². The van der Waals surface area contributed by atoms with Crippen molar-refractivity contribution in [3.8, 4) is 11.5 Å². The Morgan fingerprint density at radius 1 is 1.24 bits per heavy atom. The topological polar surface area (TPSA) is 72.7 Å². The van der Waals surface area contributed by atoms with Crippen molar-refractivity contribution in [1.82, 2.24) is 5.32 Å². The molecular formula is C17H27NO3. The summed E-state index contributed by atoms with van der Waals surface area (Å²) in [5.74, 6) is 0.901. The molecule has 0 heterocycles. The van der Waals surface area contributed by atoms with Gasteiger partial charge < -0.3 is 20.6 Å². The van der Waals surface area contributed by atoms with Crippen LogP contribution in [0.25, 0.3) is 0 Å². The van der Waals surface area contributed by atoms with E-state index in [-0.39, 0.29) is 17.5 Å². The Labute approximate surface area is 126 Å². The molecule has 4 nitrogen and oxygen atoms in total. The van der Waals surface area contributed by atoms with E-state index in [1.165, 1.54) is 6.42 Å². The zero-order valence-corrected chi connectivity index (χ0v) is 13.0. The number of phenols is 2. The maximum Gasteiger partial charge on any atom is 0.124 e. The van der Waals surface area contributed by atoms with Crippen molar-refractivity contribution in [3.05, 3.63) is 23.8 Å². The van der Waals surface area contributed by atoms with Gasteiger partial charge in [0.2, 0.25) is 0 Å². The monoisotopic (exact) mass is 293 g/mol. The predicted molar refractivity (Wildman–Crippen MR) is 83.4 cm³/mol. The number of hydrogen-bond acceptors (Lipinski definition) is 4. The van der Waals surface area contributed by atoms with Gasteiger partial charge in [0.05, 0.1) is 11.2 Å². The Kier molecular flexibility index (Phi) is 5.12. The number of aromatic hydroxyl groups is 2. The lowest BCUT2D eigenvalue weighted by molar-refractivity contribution is -0.0104. The number of nitrogens with one attached hydrogen (secondary N) is 1. The standard InChI is InChI=1S/C17H27NO3/c1-3-13-7-9-17(21,10-8-13)11-18-12(2)16-14(19)5-4-6-15(16)20/h4-6,12-13,18-21H,3,7-11H2,1-2H3. The maximum absolute atomic E-state index is 10.6. The van der Waals surface area contributed by atoms with Gasteiger partial charge in [0.15, 0.2) is 0 Å². The van der Waals surface area contributed by atoms with Crippen molar-refractivity contribution in [2.24, 2.45) is 5.92 Å². The molecule has 1 aromatic rings. The largest absolute Gasteiger partial charge is 0.507 e. The fourth-order valence-electron chi connectivity index (χ4n) is 3.23. The number of hydrogen-bond donors (Lipinski definition) is 4. The van der Waals surface area contributed by atoms with Gasteiger partial charge in [0.25, 0.3) is 0 Å². The first-order valence-electron chi connectivity index (χ1n) is 7.92. The van der Waals surface area contributed by atoms with Crippen LogP contribution in [0.4, 0.5) is 0 Å². The molecule has 1 atom stereocenters. The first kappa shape index (κ1) is 16.1. The van der Waals surface area contributed by atoms with Gasteiger partial charge in [-0.25, -0.2) is 0 Å². The summed E-state index contributed by atoms with van der Waals surface area (Å²) in [4.78, 5) is 0. The SMILES string of the molecule is CCC1CCC(O)(CNC(C)c2c(O)cccc2O)CC1. The summed E-state index contributed by atoms with van der Waals surface area (Å²) in [6.07, 6.45) is 4.97. The van der Waals surface area contributed by atoms with E-state index in [1.54, 1.807) is 18.2 Å². The van der Waals surface area contributed by atoms with Crippen LogP contribution in [-0.2, 0) is 0 Å². The number of benzene rings is 1.